The number of benzene rings is 1. The van der Waals surface area contributed by atoms with Gasteiger partial charge in [-0.3, -0.25) is 0 Å². The van der Waals surface area contributed by atoms with E-state index in [4.69, 9.17) is 0 Å². The predicted molar refractivity (Wildman–Crippen MR) is 87.9 cm³/mol. The summed E-state index contributed by atoms with van der Waals surface area (Å²) in [6, 6.07) is 4.81. The third-order valence-electron chi connectivity index (χ3n) is 3.59. The Bertz CT molecular complexity index is 427. The Kier molecular flexibility index (Phi) is 4.39. The second-order valence-electron chi connectivity index (χ2n) is 8.67. The standard InChI is InChI=1S/C18H29As/c1-16(2,3)12-10-13(17(4,5)6)15(19)14(11-12)18(7,8)9/h10-11H,1-9H3. The predicted octanol–water partition coefficient (Wildman–Crippen LogP) is 4.37. The third kappa shape index (κ3) is 3.88. The van der Waals surface area contributed by atoms with Crippen LogP contribution in [0.1, 0.15) is 79.0 Å². The minimum absolute atomic E-state index is 0.184. The molecule has 0 amide bonds. The zero-order chi connectivity index (χ0) is 15.2. The summed E-state index contributed by atoms with van der Waals surface area (Å²) in [4.78, 5) is 0. The summed E-state index contributed by atoms with van der Waals surface area (Å²) in [6.45, 7) is 20.7. The molecule has 0 spiro atoms. The fraction of sp³-hybridized carbons (Fsp3) is 0.667. The first-order valence-corrected chi connectivity index (χ1v) is 8.07. The monoisotopic (exact) mass is 320 g/mol. The van der Waals surface area contributed by atoms with E-state index < -0.39 is 0 Å². The van der Waals surface area contributed by atoms with Crippen molar-refractivity contribution in [2.45, 2.75) is 78.6 Å². The number of rotatable bonds is 0. The topological polar surface area (TPSA) is 0 Å². The molecule has 0 N–H and O–H groups in total. The molecule has 1 rings (SSSR count). The second-order valence-corrected chi connectivity index (χ2v) is 9.61. The first kappa shape index (κ1) is 16.8. The fourth-order valence-corrected chi connectivity index (χ4v) is 3.89. The van der Waals surface area contributed by atoms with E-state index in [0.29, 0.717) is 0 Å². The van der Waals surface area contributed by atoms with E-state index >= 15 is 0 Å². The summed E-state index contributed by atoms with van der Waals surface area (Å²) in [5.41, 5.74) is 4.93. The first-order valence-electron chi connectivity index (χ1n) is 7.13. The van der Waals surface area contributed by atoms with Gasteiger partial charge in [0.25, 0.3) is 0 Å². The fourth-order valence-electron chi connectivity index (χ4n) is 2.21. The van der Waals surface area contributed by atoms with Crippen LogP contribution < -0.4 is 4.35 Å². The third-order valence-corrected chi connectivity index (χ3v) is 4.60. The van der Waals surface area contributed by atoms with Crippen LogP contribution >= 0.6 is 0 Å². The Hall–Kier alpha value is -0.222. The van der Waals surface area contributed by atoms with Crippen molar-refractivity contribution < 1.29 is 0 Å². The van der Waals surface area contributed by atoms with Crippen molar-refractivity contribution in [3.05, 3.63) is 28.8 Å². The average Bonchev–Trinajstić information content (AvgIpc) is 2.11. The van der Waals surface area contributed by atoms with E-state index in [9.17, 15) is 0 Å². The maximum atomic E-state index is 2.81. The zero-order valence-electron chi connectivity index (χ0n) is 14.1. The van der Waals surface area contributed by atoms with E-state index in [1.807, 2.05) is 0 Å². The zero-order valence-corrected chi connectivity index (χ0v) is 16.0. The van der Waals surface area contributed by atoms with Crippen LogP contribution in [0.3, 0.4) is 0 Å². The van der Waals surface area contributed by atoms with Crippen LogP contribution in [0, 0.1) is 0 Å². The van der Waals surface area contributed by atoms with Gasteiger partial charge in [-0.1, -0.05) is 0 Å². The van der Waals surface area contributed by atoms with Crippen LogP contribution in [0.4, 0.5) is 0 Å². The molecule has 0 saturated carbocycles. The summed E-state index contributed by atoms with van der Waals surface area (Å²) in [6.07, 6.45) is 0. The molecule has 0 aromatic heterocycles. The van der Waals surface area contributed by atoms with Gasteiger partial charge in [-0.25, -0.2) is 0 Å². The molecule has 0 aliphatic rings. The van der Waals surface area contributed by atoms with E-state index in [-0.39, 0.29) is 16.2 Å². The van der Waals surface area contributed by atoms with Crippen LogP contribution in [0.15, 0.2) is 12.1 Å². The quantitative estimate of drug-likeness (QED) is 0.623. The Labute approximate surface area is 128 Å². The summed E-state index contributed by atoms with van der Waals surface area (Å²) < 4.78 is 1.40. The molecule has 2 radical (unpaired) electrons. The van der Waals surface area contributed by atoms with Crippen molar-refractivity contribution in [3.63, 3.8) is 0 Å². The van der Waals surface area contributed by atoms with Gasteiger partial charge in [-0.2, -0.15) is 0 Å². The Morgan fingerprint density at radius 3 is 1.16 bits per heavy atom. The molecule has 0 aliphatic carbocycles. The molecule has 0 heterocycles. The summed E-state index contributed by atoms with van der Waals surface area (Å²) in [5.74, 6) is 0. The molecule has 0 aliphatic heterocycles. The van der Waals surface area contributed by atoms with Crippen LogP contribution in [0.25, 0.3) is 0 Å². The Balaban J connectivity index is 3.68. The molecule has 0 atom stereocenters. The van der Waals surface area contributed by atoms with Gasteiger partial charge in [0.15, 0.2) is 0 Å². The van der Waals surface area contributed by atoms with Crippen LogP contribution in [0.5, 0.6) is 0 Å². The van der Waals surface area contributed by atoms with Gasteiger partial charge in [0.2, 0.25) is 0 Å². The molecule has 0 unspecified atom stereocenters. The van der Waals surface area contributed by atoms with Gasteiger partial charge >= 0.3 is 129 Å². The number of hydrogen-bond acceptors (Lipinski definition) is 0. The molecular formula is C18H29As. The summed E-state index contributed by atoms with van der Waals surface area (Å²) >= 11 is 2.81. The van der Waals surface area contributed by atoms with E-state index in [2.05, 4.69) is 91.3 Å². The minimum atomic E-state index is 0.184. The first-order chi connectivity index (χ1) is 8.24. The normalized spacial score (nSPS) is 13.8. The van der Waals surface area contributed by atoms with E-state index in [0.717, 1.165) is 0 Å². The van der Waals surface area contributed by atoms with Crippen LogP contribution in [-0.4, -0.2) is 16.9 Å². The Morgan fingerprint density at radius 1 is 0.632 bits per heavy atom. The van der Waals surface area contributed by atoms with Gasteiger partial charge in [0.1, 0.15) is 0 Å². The van der Waals surface area contributed by atoms with Gasteiger partial charge in [-0.15, -0.1) is 0 Å². The second kappa shape index (κ2) is 4.96. The molecule has 1 heteroatoms. The molecule has 0 fully saturated rings. The molecule has 19 heavy (non-hydrogen) atoms. The van der Waals surface area contributed by atoms with Gasteiger partial charge in [0.05, 0.1) is 0 Å². The van der Waals surface area contributed by atoms with Crippen molar-refractivity contribution in [2.24, 2.45) is 0 Å². The molecule has 106 valence electrons. The maximum absolute atomic E-state index is 2.81. The van der Waals surface area contributed by atoms with Gasteiger partial charge in [0, 0.05) is 0 Å². The van der Waals surface area contributed by atoms with Crippen LogP contribution in [-0.2, 0) is 16.2 Å². The van der Waals surface area contributed by atoms with Gasteiger partial charge < -0.3 is 0 Å². The average molecular weight is 320 g/mol. The molecule has 1 aromatic rings. The summed E-state index contributed by atoms with van der Waals surface area (Å²) in [7, 11) is 0. The van der Waals surface area contributed by atoms with Crippen molar-refractivity contribution in [2.75, 3.05) is 0 Å². The molecule has 0 bridgehead atoms. The van der Waals surface area contributed by atoms with Gasteiger partial charge in [-0.05, 0) is 0 Å². The Morgan fingerprint density at radius 2 is 0.947 bits per heavy atom. The molecule has 0 nitrogen and oxygen atoms in total. The van der Waals surface area contributed by atoms with E-state index in [1.54, 1.807) is 0 Å². The molecule has 1 aromatic carbocycles. The number of hydrogen-bond donors (Lipinski definition) is 0. The van der Waals surface area contributed by atoms with Crippen molar-refractivity contribution in [1.82, 2.24) is 0 Å². The summed E-state index contributed by atoms with van der Waals surface area (Å²) in [5, 5.41) is 0. The van der Waals surface area contributed by atoms with Crippen molar-refractivity contribution >= 4 is 21.2 Å². The molecular weight excluding hydrogens is 291 g/mol. The molecule has 0 saturated heterocycles. The SMILES string of the molecule is CC(C)(C)c1cc(C(C)(C)C)c([As])c(C(C)(C)C)c1. The van der Waals surface area contributed by atoms with Crippen molar-refractivity contribution in [3.8, 4) is 0 Å². The van der Waals surface area contributed by atoms with Crippen molar-refractivity contribution in [1.29, 1.82) is 0 Å². The van der Waals surface area contributed by atoms with Crippen LogP contribution in [0.2, 0.25) is 0 Å². The van der Waals surface area contributed by atoms with E-state index in [1.165, 1.54) is 21.0 Å².